The summed E-state index contributed by atoms with van der Waals surface area (Å²) in [5.74, 6) is -1.38. The van der Waals surface area contributed by atoms with Crippen molar-refractivity contribution in [3.8, 4) is 16.9 Å². The number of nitrogens with zero attached hydrogens (tertiary/aromatic N) is 2. The number of fused-ring (bicyclic) bond motifs is 3. The van der Waals surface area contributed by atoms with Crippen molar-refractivity contribution in [3.63, 3.8) is 0 Å². The highest BCUT2D eigenvalue weighted by molar-refractivity contribution is 7.84. The van der Waals surface area contributed by atoms with Crippen molar-refractivity contribution < 1.29 is 23.6 Å². The molecule has 2 heterocycles. The summed E-state index contributed by atoms with van der Waals surface area (Å²) >= 11 is 0. The average molecular weight is 425 g/mol. The standard InChI is InChI=1S/C21H19N3O5S/c1-29-10-9-22-20(25)13-5-4-6-14(11-13)24-19-15-7-2-3-8-17(15)30(28)12-16(19)18(23-24)21(26)27/h2-8,11H,9-10,12H2,1H3,(H,22,25)(H,26,27). The summed E-state index contributed by atoms with van der Waals surface area (Å²) in [5, 5.41) is 16.7. The van der Waals surface area contributed by atoms with Gasteiger partial charge in [-0.05, 0) is 24.3 Å². The zero-order valence-corrected chi connectivity index (χ0v) is 16.9. The summed E-state index contributed by atoms with van der Waals surface area (Å²) in [6.45, 7) is 0.771. The van der Waals surface area contributed by atoms with Gasteiger partial charge in [0.25, 0.3) is 5.91 Å². The zero-order valence-electron chi connectivity index (χ0n) is 16.1. The van der Waals surface area contributed by atoms with E-state index in [1.165, 1.54) is 4.68 Å². The molecule has 1 aromatic heterocycles. The molecule has 1 amide bonds. The van der Waals surface area contributed by atoms with E-state index in [9.17, 15) is 18.9 Å². The van der Waals surface area contributed by atoms with Crippen LogP contribution >= 0.6 is 0 Å². The van der Waals surface area contributed by atoms with Crippen LogP contribution in [-0.2, 0) is 21.3 Å². The van der Waals surface area contributed by atoms with E-state index in [0.717, 1.165) is 0 Å². The monoisotopic (exact) mass is 425 g/mol. The smallest absolute Gasteiger partial charge is 0.356 e. The third kappa shape index (κ3) is 3.53. The second kappa shape index (κ2) is 8.21. The van der Waals surface area contributed by atoms with Crippen LogP contribution in [0.4, 0.5) is 0 Å². The summed E-state index contributed by atoms with van der Waals surface area (Å²) in [5.41, 5.74) is 2.50. The number of aromatic nitrogens is 2. The number of benzene rings is 2. The second-order valence-electron chi connectivity index (χ2n) is 6.68. The van der Waals surface area contributed by atoms with Gasteiger partial charge in [0.05, 0.1) is 34.5 Å². The summed E-state index contributed by atoms with van der Waals surface area (Å²) in [7, 11) is 0.199. The number of amides is 1. The third-order valence-electron chi connectivity index (χ3n) is 4.79. The Hall–Kier alpha value is -3.30. The number of rotatable bonds is 6. The molecular formula is C21H19N3O5S. The number of ether oxygens (including phenoxy) is 1. The van der Waals surface area contributed by atoms with Gasteiger partial charge in [-0.1, -0.05) is 24.3 Å². The normalized spacial score (nSPS) is 14.6. The molecule has 30 heavy (non-hydrogen) atoms. The number of nitrogens with one attached hydrogen (secondary N) is 1. The Balaban J connectivity index is 1.83. The van der Waals surface area contributed by atoms with Crippen molar-refractivity contribution in [2.75, 3.05) is 20.3 Å². The second-order valence-corrected chi connectivity index (χ2v) is 8.10. The van der Waals surface area contributed by atoms with Crippen molar-refractivity contribution in [2.24, 2.45) is 0 Å². The largest absolute Gasteiger partial charge is 0.476 e. The van der Waals surface area contributed by atoms with E-state index in [1.807, 2.05) is 6.07 Å². The molecule has 1 unspecified atom stereocenters. The van der Waals surface area contributed by atoms with Gasteiger partial charge in [0.1, 0.15) is 0 Å². The Kier molecular flexibility index (Phi) is 5.47. The molecule has 0 fully saturated rings. The molecule has 9 heteroatoms. The number of hydrogen-bond donors (Lipinski definition) is 2. The van der Waals surface area contributed by atoms with Gasteiger partial charge in [-0.3, -0.25) is 9.00 Å². The molecule has 0 saturated heterocycles. The van der Waals surface area contributed by atoms with Crippen molar-refractivity contribution in [1.82, 2.24) is 15.1 Å². The molecule has 1 aliphatic rings. The molecule has 154 valence electrons. The first-order chi connectivity index (χ1) is 14.5. The molecule has 0 aliphatic carbocycles. The highest BCUT2D eigenvalue weighted by atomic mass is 32.2. The van der Waals surface area contributed by atoms with Crippen LogP contribution in [0.25, 0.3) is 16.9 Å². The van der Waals surface area contributed by atoms with Crippen LogP contribution in [0.2, 0.25) is 0 Å². The maximum Gasteiger partial charge on any atom is 0.356 e. The third-order valence-corrected chi connectivity index (χ3v) is 6.19. The SMILES string of the molecule is COCCNC(=O)c1cccc(-n2nc(C(=O)O)c3c2-c2ccccc2S(=O)C3)c1. The minimum absolute atomic E-state index is 0.0746. The lowest BCUT2D eigenvalue weighted by Crippen LogP contribution is -2.27. The first-order valence-corrected chi connectivity index (χ1v) is 10.5. The fourth-order valence-corrected chi connectivity index (χ4v) is 4.77. The van der Waals surface area contributed by atoms with Crippen LogP contribution in [0.5, 0.6) is 0 Å². The molecular weight excluding hydrogens is 406 g/mol. The summed E-state index contributed by atoms with van der Waals surface area (Å²) < 4.78 is 19.1. The van der Waals surface area contributed by atoms with Crippen molar-refractivity contribution in [1.29, 1.82) is 0 Å². The molecule has 2 aromatic carbocycles. The lowest BCUT2D eigenvalue weighted by molar-refractivity contribution is 0.0688. The van der Waals surface area contributed by atoms with E-state index < -0.39 is 16.8 Å². The number of carboxylic acid groups (broad SMARTS) is 1. The average Bonchev–Trinajstić information content (AvgIpc) is 3.14. The number of carboxylic acids is 1. The van der Waals surface area contributed by atoms with Gasteiger partial charge >= 0.3 is 5.97 Å². The first-order valence-electron chi connectivity index (χ1n) is 9.21. The topological polar surface area (TPSA) is 111 Å². The van der Waals surface area contributed by atoms with Crippen LogP contribution in [0.3, 0.4) is 0 Å². The predicted molar refractivity (Wildman–Crippen MR) is 110 cm³/mol. The minimum Gasteiger partial charge on any atom is -0.476 e. The predicted octanol–water partition coefficient (Wildman–Crippen LogP) is 2.23. The highest BCUT2D eigenvalue weighted by Crippen LogP contribution is 2.38. The Morgan fingerprint density at radius 3 is 2.80 bits per heavy atom. The summed E-state index contributed by atoms with van der Waals surface area (Å²) in [6, 6.07) is 14.0. The van der Waals surface area contributed by atoms with Crippen LogP contribution in [-0.4, -0.2) is 51.2 Å². The Morgan fingerprint density at radius 2 is 2.03 bits per heavy atom. The molecule has 2 N–H and O–H groups in total. The van der Waals surface area contributed by atoms with Crippen LogP contribution in [0.15, 0.2) is 53.4 Å². The van der Waals surface area contributed by atoms with Crippen molar-refractivity contribution in [3.05, 3.63) is 65.4 Å². The van der Waals surface area contributed by atoms with E-state index in [1.54, 1.807) is 49.6 Å². The van der Waals surface area contributed by atoms with Gasteiger partial charge in [0.2, 0.25) is 0 Å². The maximum absolute atomic E-state index is 12.7. The minimum atomic E-state index is -1.36. The summed E-state index contributed by atoms with van der Waals surface area (Å²) in [4.78, 5) is 24.9. The van der Waals surface area contributed by atoms with E-state index in [0.29, 0.717) is 46.1 Å². The number of methoxy groups -OCH3 is 1. The number of carbonyl (C=O) groups is 2. The number of aromatic carboxylic acids is 1. The molecule has 0 radical (unpaired) electrons. The molecule has 3 aromatic rings. The Labute approximate surface area is 174 Å². The molecule has 0 spiro atoms. The van der Waals surface area contributed by atoms with Crippen LogP contribution < -0.4 is 5.32 Å². The number of carbonyl (C=O) groups excluding carboxylic acids is 1. The molecule has 8 nitrogen and oxygen atoms in total. The van der Waals surface area contributed by atoms with E-state index >= 15 is 0 Å². The van der Waals surface area contributed by atoms with E-state index in [-0.39, 0.29) is 17.4 Å². The quantitative estimate of drug-likeness (QED) is 0.586. The molecule has 1 aliphatic heterocycles. The van der Waals surface area contributed by atoms with Gasteiger partial charge in [0.15, 0.2) is 5.69 Å². The molecule has 4 rings (SSSR count). The molecule has 0 bridgehead atoms. The van der Waals surface area contributed by atoms with E-state index in [2.05, 4.69) is 10.4 Å². The highest BCUT2D eigenvalue weighted by Gasteiger charge is 2.32. The van der Waals surface area contributed by atoms with Gasteiger partial charge in [-0.2, -0.15) is 5.10 Å². The maximum atomic E-state index is 12.7. The van der Waals surface area contributed by atoms with Crippen LogP contribution in [0, 0.1) is 0 Å². The first kappa shape index (κ1) is 20.0. The Bertz CT molecular complexity index is 1170. The lowest BCUT2D eigenvalue weighted by Gasteiger charge is -2.18. The van der Waals surface area contributed by atoms with Gasteiger partial charge in [0, 0.05) is 35.2 Å². The fraction of sp³-hybridized carbons (Fsp3) is 0.190. The molecule has 0 saturated carbocycles. The van der Waals surface area contributed by atoms with E-state index in [4.69, 9.17) is 4.74 Å². The number of hydrogen-bond acceptors (Lipinski definition) is 5. The van der Waals surface area contributed by atoms with Crippen molar-refractivity contribution in [2.45, 2.75) is 10.6 Å². The Morgan fingerprint density at radius 1 is 1.23 bits per heavy atom. The van der Waals surface area contributed by atoms with Gasteiger partial charge in [-0.25, -0.2) is 9.48 Å². The van der Waals surface area contributed by atoms with Gasteiger partial charge in [-0.15, -0.1) is 0 Å². The molecule has 1 atom stereocenters. The lowest BCUT2D eigenvalue weighted by atomic mass is 10.1. The summed E-state index contributed by atoms with van der Waals surface area (Å²) in [6.07, 6.45) is 0. The van der Waals surface area contributed by atoms with Gasteiger partial charge < -0.3 is 15.2 Å². The fourth-order valence-electron chi connectivity index (χ4n) is 3.44. The zero-order chi connectivity index (χ0) is 21.3. The van der Waals surface area contributed by atoms with Crippen LogP contribution in [0.1, 0.15) is 26.4 Å². The van der Waals surface area contributed by atoms with Crippen molar-refractivity contribution >= 4 is 22.7 Å².